The molecule has 6 nitrogen and oxygen atoms in total. The van der Waals surface area contributed by atoms with Gasteiger partial charge in [0.15, 0.2) is 5.76 Å². The third-order valence-electron chi connectivity index (χ3n) is 3.19. The summed E-state index contributed by atoms with van der Waals surface area (Å²) in [4.78, 5) is 0.0395. The van der Waals surface area contributed by atoms with Crippen molar-refractivity contribution in [3.8, 4) is 5.75 Å². The predicted octanol–water partition coefficient (Wildman–Crippen LogP) is 2.71. The number of nitrogens with zero attached hydrogens (tertiary/aromatic N) is 2. The van der Waals surface area contributed by atoms with Crippen molar-refractivity contribution in [2.24, 2.45) is 0 Å². The van der Waals surface area contributed by atoms with E-state index < -0.39 is 16.6 Å². The van der Waals surface area contributed by atoms with Gasteiger partial charge in [-0.2, -0.15) is 13.1 Å². The van der Waals surface area contributed by atoms with Crippen LogP contribution in [0.5, 0.6) is 5.75 Å². The van der Waals surface area contributed by atoms with Gasteiger partial charge in [0, 0.05) is 13.6 Å². The minimum absolute atomic E-state index is 0.0139. The quantitative estimate of drug-likeness (QED) is 0.804. The number of hydrogen-bond acceptors (Lipinski definition) is 5. The summed E-state index contributed by atoms with van der Waals surface area (Å²) in [6.07, 6.45) is 0. The first-order chi connectivity index (χ1) is 10.7. The minimum atomic E-state index is -3.76. The van der Waals surface area contributed by atoms with E-state index in [-0.39, 0.29) is 28.6 Å². The molecule has 23 heavy (non-hydrogen) atoms. The highest BCUT2D eigenvalue weighted by atomic mass is 32.2. The standard InChI is InChI=1S/C14H16F2N2O4S/c1-9-13(10(2)22-17-9)23(19,20)18(3)8-11-4-6-12(7-5-11)21-14(15)16/h4-7,14H,8H2,1-3H3. The number of aromatic nitrogens is 1. The van der Waals surface area contributed by atoms with Gasteiger partial charge in [0.25, 0.3) is 0 Å². The number of halogens is 2. The molecule has 0 bridgehead atoms. The summed E-state index contributed by atoms with van der Waals surface area (Å²) in [5, 5.41) is 3.64. The molecule has 0 fully saturated rings. The summed E-state index contributed by atoms with van der Waals surface area (Å²) < 4.78 is 59.6. The zero-order valence-corrected chi connectivity index (χ0v) is 13.6. The zero-order chi connectivity index (χ0) is 17.2. The Morgan fingerprint density at radius 1 is 1.26 bits per heavy atom. The Hall–Kier alpha value is -2.00. The number of ether oxygens (including phenoxy) is 1. The van der Waals surface area contributed by atoms with Gasteiger partial charge in [-0.25, -0.2) is 8.42 Å². The maximum absolute atomic E-state index is 12.6. The third-order valence-corrected chi connectivity index (χ3v) is 5.24. The Balaban J connectivity index is 2.17. The lowest BCUT2D eigenvalue weighted by Crippen LogP contribution is -2.27. The van der Waals surface area contributed by atoms with Crippen LogP contribution in [0.4, 0.5) is 8.78 Å². The van der Waals surface area contributed by atoms with Gasteiger partial charge in [0.05, 0.1) is 0 Å². The van der Waals surface area contributed by atoms with Crippen molar-refractivity contribution < 1.29 is 26.5 Å². The Morgan fingerprint density at radius 2 is 1.87 bits per heavy atom. The van der Waals surface area contributed by atoms with Gasteiger partial charge >= 0.3 is 6.61 Å². The third kappa shape index (κ3) is 3.85. The van der Waals surface area contributed by atoms with E-state index in [0.29, 0.717) is 5.56 Å². The first kappa shape index (κ1) is 17.4. The van der Waals surface area contributed by atoms with Gasteiger partial charge in [-0.3, -0.25) is 0 Å². The van der Waals surface area contributed by atoms with E-state index in [1.54, 1.807) is 6.92 Å². The number of sulfonamides is 1. The van der Waals surface area contributed by atoms with Crippen molar-refractivity contribution >= 4 is 10.0 Å². The fraction of sp³-hybridized carbons (Fsp3) is 0.357. The molecule has 9 heteroatoms. The molecule has 0 unspecified atom stereocenters. The molecule has 0 aliphatic rings. The monoisotopic (exact) mass is 346 g/mol. The summed E-state index contributed by atoms with van der Waals surface area (Å²) in [5.41, 5.74) is 0.916. The van der Waals surface area contributed by atoms with Crippen LogP contribution in [0.1, 0.15) is 17.0 Å². The second kappa shape index (κ2) is 6.63. The highest BCUT2D eigenvalue weighted by Crippen LogP contribution is 2.24. The minimum Gasteiger partial charge on any atom is -0.435 e. The zero-order valence-electron chi connectivity index (χ0n) is 12.8. The molecule has 1 aromatic carbocycles. The number of benzene rings is 1. The maximum Gasteiger partial charge on any atom is 0.387 e. The smallest absolute Gasteiger partial charge is 0.387 e. The number of rotatable bonds is 6. The van der Waals surface area contributed by atoms with Crippen LogP contribution < -0.4 is 4.74 Å². The fourth-order valence-electron chi connectivity index (χ4n) is 2.12. The molecule has 0 aliphatic carbocycles. The van der Waals surface area contributed by atoms with Gasteiger partial charge in [-0.05, 0) is 31.5 Å². The van der Waals surface area contributed by atoms with E-state index in [1.807, 2.05) is 0 Å². The van der Waals surface area contributed by atoms with Gasteiger partial charge in [-0.1, -0.05) is 17.3 Å². The molecule has 0 saturated heterocycles. The molecule has 126 valence electrons. The fourth-order valence-corrected chi connectivity index (χ4v) is 3.56. The average Bonchev–Trinajstić information content (AvgIpc) is 2.80. The summed E-state index contributed by atoms with van der Waals surface area (Å²) >= 11 is 0. The second-order valence-electron chi connectivity index (χ2n) is 4.94. The lowest BCUT2D eigenvalue weighted by Gasteiger charge is -2.17. The second-order valence-corrected chi connectivity index (χ2v) is 6.92. The predicted molar refractivity (Wildman–Crippen MR) is 77.7 cm³/mol. The number of hydrogen-bond donors (Lipinski definition) is 0. The van der Waals surface area contributed by atoms with Crippen molar-refractivity contribution in [3.63, 3.8) is 0 Å². The molecular formula is C14H16F2N2O4S. The van der Waals surface area contributed by atoms with Gasteiger partial charge < -0.3 is 9.26 Å². The molecule has 0 amide bonds. The number of alkyl halides is 2. The Labute approximate surface area is 132 Å². The van der Waals surface area contributed by atoms with E-state index in [9.17, 15) is 17.2 Å². The van der Waals surface area contributed by atoms with Crippen molar-refractivity contribution in [2.75, 3.05) is 7.05 Å². The average molecular weight is 346 g/mol. The van der Waals surface area contributed by atoms with Crippen molar-refractivity contribution in [1.29, 1.82) is 0 Å². The van der Waals surface area contributed by atoms with Crippen molar-refractivity contribution in [1.82, 2.24) is 9.46 Å². The number of aryl methyl sites for hydroxylation is 2. The Morgan fingerprint density at radius 3 is 2.35 bits per heavy atom. The van der Waals surface area contributed by atoms with E-state index >= 15 is 0 Å². The molecular weight excluding hydrogens is 330 g/mol. The van der Waals surface area contributed by atoms with Gasteiger partial charge in [-0.15, -0.1) is 0 Å². The lowest BCUT2D eigenvalue weighted by atomic mass is 10.2. The van der Waals surface area contributed by atoms with Crippen LogP contribution in [0.2, 0.25) is 0 Å². The SMILES string of the molecule is Cc1noc(C)c1S(=O)(=O)N(C)Cc1ccc(OC(F)F)cc1. The first-order valence-electron chi connectivity index (χ1n) is 6.64. The normalized spacial score (nSPS) is 12.1. The van der Waals surface area contributed by atoms with Crippen LogP contribution >= 0.6 is 0 Å². The van der Waals surface area contributed by atoms with Crippen LogP contribution in [0.3, 0.4) is 0 Å². The molecule has 0 saturated carbocycles. The molecule has 0 atom stereocenters. The maximum atomic E-state index is 12.6. The highest BCUT2D eigenvalue weighted by molar-refractivity contribution is 7.89. The molecule has 0 radical (unpaired) electrons. The van der Waals surface area contributed by atoms with Crippen molar-refractivity contribution in [3.05, 3.63) is 41.3 Å². The van der Waals surface area contributed by atoms with Crippen LogP contribution in [-0.4, -0.2) is 31.5 Å². The van der Waals surface area contributed by atoms with E-state index in [4.69, 9.17) is 4.52 Å². The molecule has 0 spiro atoms. The van der Waals surface area contributed by atoms with E-state index in [1.165, 1.54) is 38.2 Å². The molecule has 1 heterocycles. The van der Waals surface area contributed by atoms with E-state index in [0.717, 1.165) is 4.31 Å². The van der Waals surface area contributed by atoms with Gasteiger partial charge in [0.2, 0.25) is 10.0 Å². The summed E-state index contributed by atoms with van der Waals surface area (Å²) in [5.74, 6) is 0.231. The summed E-state index contributed by atoms with van der Waals surface area (Å²) in [6.45, 7) is 0.245. The molecule has 0 N–H and O–H groups in total. The van der Waals surface area contributed by atoms with Gasteiger partial charge in [0.1, 0.15) is 16.3 Å². The van der Waals surface area contributed by atoms with Crippen LogP contribution in [0.25, 0.3) is 0 Å². The summed E-state index contributed by atoms with van der Waals surface area (Å²) in [7, 11) is -2.34. The van der Waals surface area contributed by atoms with Crippen LogP contribution in [0, 0.1) is 13.8 Å². The molecule has 1 aromatic heterocycles. The molecule has 2 aromatic rings. The molecule has 0 aliphatic heterocycles. The van der Waals surface area contributed by atoms with Crippen molar-refractivity contribution in [2.45, 2.75) is 31.9 Å². The highest BCUT2D eigenvalue weighted by Gasteiger charge is 2.28. The Kier molecular flexibility index (Phi) is 5.00. The van der Waals surface area contributed by atoms with E-state index in [2.05, 4.69) is 9.89 Å². The van der Waals surface area contributed by atoms with Crippen LogP contribution in [0.15, 0.2) is 33.7 Å². The first-order valence-corrected chi connectivity index (χ1v) is 8.09. The topological polar surface area (TPSA) is 72.6 Å². The Bertz CT molecular complexity index is 753. The molecule has 2 rings (SSSR count). The lowest BCUT2D eigenvalue weighted by molar-refractivity contribution is -0.0498. The largest absolute Gasteiger partial charge is 0.435 e. The summed E-state index contributed by atoms with van der Waals surface area (Å²) in [6, 6.07) is 5.77. The van der Waals surface area contributed by atoms with Crippen LogP contribution in [-0.2, 0) is 16.6 Å².